The molecule has 186 valence electrons. The number of ether oxygens (including phenoxy) is 1. The van der Waals surface area contributed by atoms with E-state index in [2.05, 4.69) is 5.32 Å². The van der Waals surface area contributed by atoms with E-state index in [0.29, 0.717) is 18.4 Å². The van der Waals surface area contributed by atoms with Crippen LogP contribution in [-0.4, -0.2) is 55.4 Å². The summed E-state index contributed by atoms with van der Waals surface area (Å²) in [5, 5.41) is 1.39. The Morgan fingerprint density at radius 3 is 2.40 bits per heavy atom. The summed E-state index contributed by atoms with van der Waals surface area (Å²) in [4.78, 5) is 25.1. The maximum Gasteiger partial charge on any atom is 0.325 e. The van der Waals surface area contributed by atoms with Crippen molar-refractivity contribution in [2.75, 3.05) is 19.8 Å². The Balaban J connectivity index is 1.46. The molecule has 0 bridgehead atoms. The van der Waals surface area contributed by atoms with Gasteiger partial charge in [0.1, 0.15) is 29.0 Å². The fraction of sp³-hybridized carbons (Fsp3) is 0.417. The Kier molecular flexibility index (Phi) is 5.89. The van der Waals surface area contributed by atoms with Crippen LogP contribution < -0.4 is 5.32 Å². The third kappa shape index (κ3) is 3.91. The summed E-state index contributed by atoms with van der Waals surface area (Å²) in [5.74, 6) is -2.11. The largest absolute Gasteiger partial charge is 0.376 e. The van der Waals surface area contributed by atoms with Crippen LogP contribution in [0.25, 0.3) is 0 Å². The zero-order chi connectivity index (χ0) is 25.0. The number of nitrogens with one attached hydrogen (secondary N) is 1. The Hall–Kier alpha value is -2.89. The zero-order valence-electron chi connectivity index (χ0n) is 19.0. The molecule has 3 amide bonds. The number of carbonyl (C=O) groups is 2. The standard InChI is InChI=1S/C24H25F2N3O5S/c1-15-7-8-21(16-5-3-2-4-6-16)35(32,33)29(15)11-17-9-20(26)18(10-19(17)25)24(13-34-14-24)28-12-22(30)27-23(28)31/h2-6,9-10,15,21H,7-8,11-14H2,1H3,(H,27,30,31)/t15-,21+/m0/s1. The maximum absolute atomic E-state index is 15.4. The summed E-state index contributed by atoms with van der Waals surface area (Å²) in [7, 11) is -3.83. The van der Waals surface area contributed by atoms with Crippen molar-refractivity contribution in [3.05, 3.63) is 70.8 Å². The van der Waals surface area contributed by atoms with Gasteiger partial charge in [0.05, 0.1) is 13.2 Å². The average Bonchev–Trinajstić information content (AvgIpc) is 3.11. The molecule has 11 heteroatoms. The summed E-state index contributed by atoms with van der Waals surface area (Å²) >= 11 is 0. The quantitative estimate of drug-likeness (QED) is 0.631. The molecule has 35 heavy (non-hydrogen) atoms. The van der Waals surface area contributed by atoms with E-state index in [1.807, 2.05) is 0 Å². The first-order valence-electron chi connectivity index (χ1n) is 11.4. The molecule has 0 aromatic heterocycles. The lowest BCUT2D eigenvalue weighted by molar-refractivity contribution is -0.133. The first kappa shape index (κ1) is 23.8. The van der Waals surface area contributed by atoms with Crippen molar-refractivity contribution < 1.29 is 31.5 Å². The molecule has 8 nitrogen and oxygen atoms in total. The van der Waals surface area contributed by atoms with Crippen molar-refractivity contribution >= 4 is 22.0 Å². The van der Waals surface area contributed by atoms with Crippen molar-refractivity contribution in [2.24, 2.45) is 0 Å². The second-order valence-corrected chi connectivity index (χ2v) is 11.4. The Morgan fingerprint density at radius 1 is 1.09 bits per heavy atom. The van der Waals surface area contributed by atoms with Crippen LogP contribution in [0.4, 0.5) is 13.6 Å². The molecule has 2 aromatic carbocycles. The summed E-state index contributed by atoms with van der Waals surface area (Å²) in [5.41, 5.74) is -0.848. The lowest BCUT2D eigenvalue weighted by Gasteiger charge is -2.47. The predicted molar refractivity (Wildman–Crippen MR) is 121 cm³/mol. The number of hydrogen-bond donors (Lipinski definition) is 1. The number of carbonyl (C=O) groups excluding carboxylic acids is 2. The molecule has 3 aliphatic rings. The number of amides is 3. The molecule has 3 fully saturated rings. The average molecular weight is 506 g/mol. The minimum Gasteiger partial charge on any atom is -0.376 e. The normalized spacial score (nSPS) is 25.9. The van der Waals surface area contributed by atoms with E-state index in [1.165, 1.54) is 4.31 Å². The zero-order valence-corrected chi connectivity index (χ0v) is 19.9. The number of rotatable bonds is 5. The molecule has 3 saturated heterocycles. The highest BCUT2D eigenvalue weighted by Crippen LogP contribution is 2.41. The summed E-state index contributed by atoms with van der Waals surface area (Å²) in [6, 6.07) is 9.75. The minimum atomic E-state index is -3.83. The van der Waals surface area contributed by atoms with Crippen molar-refractivity contribution in [2.45, 2.75) is 43.1 Å². The third-order valence-electron chi connectivity index (χ3n) is 7.15. The number of urea groups is 1. The van der Waals surface area contributed by atoms with Gasteiger partial charge in [-0.2, -0.15) is 4.31 Å². The van der Waals surface area contributed by atoms with Crippen molar-refractivity contribution in [3.8, 4) is 0 Å². The van der Waals surface area contributed by atoms with Crippen LogP contribution in [0.5, 0.6) is 0 Å². The third-order valence-corrected chi connectivity index (χ3v) is 9.52. The molecular weight excluding hydrogens is 480 g/mol. The van der Waals surface area contributed by atoms with E-state index < -0.39 is 44.4 Å². The smallest absolute Gasteiger partial charge is 0.325 e. The van der Waals surface area contributed by atoms with Crippen molar-refractivity contribution in [1.29, 1.82) is 0 Å². The van der Waals surface area contributed by atoms with E-state index >= 15 is 8.78 Å². The lowest BCUT2D eigenvalue weighted by atomic mass is 9.85. The Bertz CT molecular complexity index is 1280. The van der Waals surface area contributed by atoms with Gasteiger partial charge >= 0.3 is 6.03 Å². The Labute approximate surface area is 201 Å². The van der Waals surface area contributed by atoms with Crippen LogP contribution in [-0.2, 0) is 31.6 Å². The van der Waals surface area contributed by atoms with Crippen molar-refractivity contribution in [3.63, 3.8) is 0 Å². The van der Waals surface area contributed by atoms with Crippen LogP contribution in [0.1, 0.15) is 41.7 Å². The SMILES string of the molecule is C[C@H]1CC[C@H](c2ccccc2)S(=O)(=O)N1Cc1cc(F)c(C2(N3CC(=O)NC3=O)COC2)cc1F. The second kappa shape index (κ2) is 8.65. The van der Waals surface area contributed by atoms with E-state index in [1.54, 1.807) is 37.3 Å². The molecule has 2 aromatic rings. The predicted octanol–water partition coefficient (Wildman–Crippen LogP) is 2.80. The van der Waals surface area contributed by atoms with E-state index in [9.17, 15) is 18.0 Å². The molecule has 3 heterocycles. The van der Waals surface area contributed by atoms with E-state index in [4.69, 9.17) is 4.74 Å². The summed E-state index contributed by atoms with van der Waals surface area (Å²) < 4.78 is 64.1. The van der Waals surface area contributed by atoms with Crippen molar-refractivity contribution in [1.82, 2.24) is 14.5 Å². The first-order valence-corrected chi connectivity index (χ1v) is 12.9. The maximum atomic E-state index is 15.4. The molecule has 0 radical (unpaired) electrons. The number of halogens is 2. The summed E-state index contributed by atoms with van der Waals surface area (Å²) in [6.07, 6.45) is 1.03. The molecule has 1 N–H and O–H groups in total. The monoisotopic (exact) mass is 505 g/mol. The molecule has 0 aliphatic carbocycles. The topological polar surface area (TPSA) is 96.0 Å². The van der Waals surface area contributed by atoms with Crippen LogP contribution in [0.2, 0.25) is 0 Å². The van der Waals surface area contributed by atoms with Gasteiger partial charge in [-0.25, -0.2) is 22.0 Å². The van der Waals surface area contributed by atoms with E-state index in [-0.39, 0.29) is 43.5 Å². The fourth-order valence-corrected chi connectivity index (χ4v) is 7.31. The highest BCUT2D eigenvalue weighted by Gasteiger charge is 2.53. The van der Waals surface area contributed by atoms with Crippen LogP contribution in [0.15, 0.2) is 42.5 Å². The molecular formula is C24H25F2N3O5S. The van der Waals surface area contributed by atoms with Gasteiger partial charge in [-0.15, -0.1) is 0 Å². The van der Waals surface area contributed by atoms with Gasteiger partial charge < -0.3 is 9.64 Å². The van der Waals surface area contributed by atoms with Crippen LogP contribution in [0, 0.1) is 11.6 Å². The van der Waals surface area contributed by atoms with Gasteiger partial charge in [0.25, 0.3) is 0 Å². The van der Waals surface area contributed by atoms with E-state index in [0.717, 1.165) is 17.0 Å². The highest BCUT2D eigenvalue weighted by molar-refractivity contribution is 7.89. The molecule has 5 rings (SSSR count). The first-order chi connectivity index (χ1) is 16.6. The Morgan fingerprint density at radius 2 is 1.80 bits per heavy atom. The molecule has 2 atom stereocenters. The molecule has 3 aliphatic heterocycles. The number of hydrogen-bond acceptors (Lipinski definition) is 5. The van der Waals surface area contributed by atoms with Crippen LogP contribution in [0.3, 0.4) is 0 Å². The number of benzene rings is 2. The van der Waals surface area contributed by atoms with Gasteiger partial charge in [-0.3, -0.25) is 10.1 Å². The molecule has 0 saturated carbocycles. The number of nitrogens with zero attached hydrogens (tertiary/aromatic N) is 2. The van der Waals surface area contributed by atoms with Gasteiger partial charge in [0.15, 0.2) is 0 Å². The second-order valence-electron chi connectivity index (χ2n) is 9.30. The highest BCUT2D eigenvalue weighted by atomic mass is 32.2. The fourth-order valence-electron chi connectivity index (χ4n) is 5.13. The number of sulfonamides is 1. The summed E-state index contributed by atoms with van der Waals surface area (Å²) in [6.45, 7) is 0.988. The van der Waals surface area contributed by atoms with Gasteiger partial charge in [0, 0.05) is 23.7 Å². The van der Waals surface area contributed by atoms with Crippen LogP contribution >= 0.6 is 0 Å². The molecule has 0 spiro atoms. The van der Waals surface area contributed by atoms with Gasteiger partial charge in [-0.05, 0) is 37.5 Å². The van der Waals surface area contributed by atoms with Gasteiger partial charge in [-0.1, -0.05) is 30.3 Å². The molecule has 0 unspecified atom stereocenters. The minimum absolute atomic E-state index is 0.0836. The lowest BCUT2D eigenvalue weighted by Crippen LogP contribution is -2.60. The van der Waals surface area contributed by atoms with Gasteiger partial charge in [0.2, 0.25) is 15.9 Å². The number of imide groups is 1.